The molecule has 0 bridgehead atoms. The second-order valence-corrected chi connectivity index (χ2v) is 9.04. The van der Waals surface area contributed by atoms with Gasteiger partial charge in [-0.05, 0) is 32.6 Å². The number of amides is 1. The van der Waals surface area contributed by atoms with Crippen LogP contribution in [0.15, 0.2) is 35.1 Å². The van der Waals surface area contributed by atoms with E-state index in [1.165, 1.54) is 0 Å². The highest BCUT2D eigenvalue weighted by Gasteiger charge is 2.45. The average molecular weight is 423 g/mol. The number of piperidine rings is 1. The molecule has 1 aromatic heterocycles. The number of hydrogen-bond acceptors (Lipinski definition) is 5. The molecule has 2 fully saturated rings. The molecule has 2 aliphatic heterocycles. The summed E-state index contributed by atoms with van der Waals surface area (Å²) in [5.41, 5.74) is 2.62. The van der Waals surface area contributed by atoms with Crippen LogP contribution >= 0.6 is 0 Å². The highest BCUT2D eigenvalue weighted by molar-refractivity contribution is 5.81. The Labute approximate surface area is 182 Å². The van der Waals surface area contributed by atoms with Gasteiger partial charge in [-0.1, -0.05) is 30.3 Å². The van der Waals surface area contributed by atoms with Gasteiger partial charge in [0.25, 0.3) is 5.56 Å². The summed E-state index contributed by atoms with van der Waals surface area (Å²) < 4.78 is 5.42. The highest BCUT2D eigenvalue weighted by atomic mass is 16.5. The number of likely N-dealkylation sites (tertiary alicyclic amines) is 1. The van der Waals surface area contributed by atoms with Gasteiger partial charge >= 0.3 is 0 Å². The van der Waals surface area contributed by atoms with Crippen LogP contribution in [0.1, 0.15) is 37.4 Å². The van der Waals surface area contributed by atoms with Crippen LogP contribution in [0.3, 0.4) is 0 Å². The van der Waals surface area contributed by atoms with E-state index in [9.17, 15) is 9.59 Å². The van der Waals surface area contributed by atoms with Gasteiger partial charge in [0.1, 0.15) is 5.82 Å². The molecule has 0 saturated carbocycles. The van der Waals surface area contributed by atoms with E-state index in [0.29, 0.717) is 19.0 Å². The van der Waals surface area contributed by atoms with Gasteiger partial charge in [-0.25, -0.2) is 4.98 Å². The molecule has 1 aliphatic carbocycles. The van der Waals surface area contributed by atoms with Crippen molar-refractivity contribution in [1.82, 2.24) is 19.8 Å². The van der Waals surface area contributed by atoms with E-state index < -0.39 is 0 Å². The minimum atomic E-state index is -0.112. The van der Waals surface area contributed by atoms with Crippen molar-refractivity contribution in [2.45, 2.75) is 44.1 Å². The van der Waals surface area contributed by atoms with Gasteiger partial charge in [0.05, 0.1) is 24.9 Å². The molecular formula is C24H30N4O3. The van der Waals surface area contributed by atoms with Crippen molar-refractivity contribution in [2.75, 3.05) is 39.4 Å². The normalized spacial score (nSPS) is 21.8. The lowest BCUT2D eigenvalue weighted by atomic mass is 9.76. The van der Waals surface area contributed by atoms with Crippen LogP contribution in [0, 0.1) is 0 Å². The fraction of sp³-hybridized carbons (Fsp3) is 0.542. The third kappa shape index (κ3) is 3.70. The molecule has 7 nitrogen and oxygen atoms in total. The maximum atomic E-state index is 13.1. The molecule has 3 aliphatic rings. The number of morpholine rings is 1. The molecule has 5 rings (SSSR count). The molecule has 31 heavy (non-hydrogen) atoms. The van der Waals surface area contributed by atoms with Gasteiger partial charge in [-0.15, -0.1) is 0 Å². The molecule has 1 amide bonds. The highest BCUT2D eigenvalue weighted by Crippen LogP contribution is 2.44. The van der Waals surface area contributed by atoms with Gasteiger partial charge in [0.2, 0.25) is 5.91 Å². The Bertz CT molecular complexity index is 1010. The molecule has 1 unspecified atom stereocenters. The summed E-state index contributed by atoms with van der Waals surface area (Å²) in [6.45, 7) is 6.48. The molecule has 1 spiro atoms. The number of aromatic nitrogens is 2. The minimum Gasteiger partial charge on any atom is -0.379 e. The van der Waals surface area contributed by atoms with Gasteiger partial charge < -0.3 is 14.6 Å². The van der Waals surface area contributed by atoms with Crippen LogP contribution in [-0.4, -0.2) is 71.1 Å². The summed E-state index contributed by atoms with van der Waals surface area (Å²) in [6, 6.07) is 9.71. The number of fused-ring (bicyclic) bond motifs is 2. The third-order valence-electron chi connectivity index (χ3n) is 7.40. The molecule has 0 radical (unpaired) electrons. The number of ether oxygens (including phenoxy) is 1. The van der Waals surface area contributed by atoms with Crippen molar-refractivity contribution < 1.29 is 9.53 Å². The number of aromatic amines is 1. The molecular weight excluding hydrogens is 392 g/mol. The SMILES string of the molecule is CC(C(=O)N1CCC2(CCc3c2nc(-c2ccccc2)[nH]c3=O)CC1)N1CCOCC1. The Balaban J connectivity index is 1.34. The van der Waals surface area contributed by atoms with Crippen LogP contribution in [0.2, 0.25) is 0 Å². The number of carbonyl (C=O) groups is 1. The molecule has 1 N–H and O–H groups in total. The fourth-order valence-corrected chi connectivity index (χ4v) is 5.41. The summed E-state index contributed by atoms with van der Waals surface area (Å²) in [6.07, 6.45) is 3.45. The first-order chi connectivity index (χ1) is 15.1. The van der Waals surface area contributed by atoms with Crippen LogP contribution in [-0.2, 0) is 21.4 Å². The second kappa shape index (κ2) is 8.20. The van der Waals surface area contributed by atoms with Crippen molar-refractivity contribution in [1.29, 1.82) is 0 Å². The summed E-state index contributed by atoms with van der Waals surface area (Å²) in [4.78, 5) is 38.1. The maximum absolute atomic E-state index is 13.1. The molecule has 164 valence electrons. The van der Waals surface area contributed by atoms with Crippen LogP contribution in [0.5, 0.6) is 0 Å². The predicted molar refractivity (Wildman–Crippen MR) is 118 cm³/mol. The number of H-pyrrole nitrogens is 1. The zero-order valence-corrected chi connectivity index (χ0v) is 18.1. The first kappa shape index (κ1) is 20.4. The number of nitrogens with zero attached hydrogens (tertiary/aromatic N) is 3. The predicted octanol–water partition coefficient (Wildman–Crippen LogP) is 1.96. The van der Waals surface area contributed by atoms with Gasteiger partial charge in [-0.3, -0.25) is 14.5 Å². The Morgan fingerprint density at radius 1 is 1.10 bits per heavy atom. The second-order valence-electron chi connectivity index (χ2n) is 9.04. The molecule has 7 heteroatoms. The van der Waals surface area contributed by atoms with Gasteiger partial charge in [0, 0.05) is 42.7 Å². The van der Waals surface area contributed by atoms with E-state index in [4.69, 9.17) is 9.72 Å². The quantitative estimate of drug-likeness (QED) is 0.818. The van der Waals surface area contributed by atoms with Crippen molar-refractivity contribution in [3.05, 3.63) is 51.9 Å². The zero-order valence-electron chi connectivity index (χ0n) is 18.1. The maximum Gasteiger partial charge on any atom is 0.254 e. The Kier molecular flexibility index (Phi) is 5.40. The van der Waals surface area contributed by atoms with E-state index in [1.807, 2.05) is 42.2 Å². The Morgan fingerprint density at radius 2 is 1.81 bits per heavy atom. The van der Waals surface area contributed by atoms with Crippen molar-refractivity contribution >= 4 is 5.91 Å². The van der Waals surface area contributed by atoms with E-state index >= 15 is 0 Å². The van der Waals surface area contributed by atoms with Gasteiger partial charge in [0.15, 0.2) is 0 Å². The molecule has 3 heterocycles. The molecule has 1 atom stereocenters. The monoisotopic (exact) mass is 422 g/mol. The van der Waals surface area contributed by atoms with Gasteiger partial charge in [-0.2, -0.15) is 0 Å². The van der Waals surface area contributed by atoms with E-state index in [0.717, 1.165) is 68.7 Å². The van der Waals surface area contributed by atoms with Crippen molar-refractivity contribution in [3.8, 4) is 11.4 Å². The van der Waals surface area contributed by atoms with Crippen LogP contribution < -0.4 is 5.56 Å². The smallest absolute Gasteiger partial charge is 0.254 e. The van der Waals surface area contributed by atoms with Crippen molar-refractivity contribution in [2.24, 2.45) is 0 Å². The van der Waals surface area contributed by atoms with Crippen LogP contribution in [0.25, 0.3) is 11.4 Å². The largest absolute Gasteiger partial charge is 0.379 e. The number of benzene rings is 1. The zero-order chi connectivity index (χ0) is 21.4. The fourth-order valence-electron chi connectivity index (χ4n) is 5.41. The summed E-state index contributed by atoms with van der Waals surface area (Å²) in [5.74, 6) is 0.851. The topological polar surface area (TPSA) is 78.5 Å². The van der Waals surface area contributed by atoms with E-state index in [1.54, 1.807) is 0 Å². The average Bonchev–Trinajstić information content (AvgIpc) is 3.18. The van der Waals surface area contributed by atoms with Crippen LogP contribution in [0.4, 0.5) is 0 Å². The molecule has 1 aromatic carbocycles. The Morgan fingerprint density at radius 3 is 2.52 bits per heavy atom. The lowest BCUT2D eigenvalue weighted by molar-refractivity contribution is -0.139. The van der Waals surface area contributed by atoms with E-state index in [-0.39, 0.29) is 22.9 Å². The Hall–Kier alpha value is -2.51. The van der Waals surface area contributed by atoms with E-state index in [2.05, 4.69) is 9.88 Å². The number of hydrogen-bond donors (Lipinski definition) is 1. The standard InChI is InChI=1S/C24H30N4O3/c1-17(27-13-15-31-16-14-27)23(30)28-11-9-24(10-12-28)8-7-19-20(24)25-21(26-22(19)29)18-5-3-2-4-6-18/h2-6,17H,7-16H2,1H3,(H,25,26,29). The third-order valence-corrected chi connectivity index (χ3v) is 7.40. The minimum absolute atomic E-state index is 0.0137. The summed E-state index contributed by atoms with van der Waals surface area (Å²) in [5, 5.41) is 0. The summed E-state index contributed by atoms with van der Waals surface area (Å²) in [7, 11) is 0. The molecule has 2 aromatic rings. The first-order valence-corrected chi connectivity index (χ1v) is 11.4. The van der Waals surface area contributed by atoms with Crippen molar-refractivity contribution in [3.63, 3.8) is 0 Å². The number of rotatable bonds is 3. The summed E-state index contributed by atoms with van der Waals surface area (Å²) >= 11 is 0. The first-order valence-electron chi connectivity index (χ1n) is 11.4. The number of nitrogens with one attached hydrogen (secondary N) is 1. The molecule has 2 saturated heterocycles. The lowest BCUT2D eigenvalue weighted by Gasteiger charge is -2.42. The number of carbonyl (C=O) groups excluding carboxylic acids is 1. The lowest BCUT2D eigenvalue weighted by Crippen LogP contribution is -2.53.